The van der Waals surface area contributed by atoms with Crippen LogP contribution in [-0.2, 0) is 0 Å². The number of nitrogens with zero attached hydrogens (tertiary/aromatic N) is 1. The van der Waals surface area contributed by atoms with Gasteiger partial charge in [-0.1, -0.05) is 29.8 Å². The molecule has 0 aromatic heterocycles. The van der Waals surface area contributed by atoms with E-state index in [1.165, 1.54) is 0 Å². The summed E-state index contributed by atoms with van der Waals surface area (Å²) in [4.78, 5) is 11.9. The van der Waals surface area contributed by atoms with Crippen molar-refractivity contribution in [3.05, 3.63) is 64.7 Å². The molecule has 0 aliphatic carbocycles. The number of carbonyl (C=O) groups excluding carboxylic acids is 1. The molecule has 4 nitrogen and oxygen atoms in total. The molecule has 2 aromatic rings. The average Bonchev–Trinajstić information content (AvgIpc) is 2.45. The predicted molar refractivity (Wildman–Crippen MR) is 82.0 cm³/mol. The second-order valence-corrected chi connectivity index (χ2v) is 4.71. The minimum absolute atomic E-state index is 0.303. The van der Waals surface area contributed by atoms with Crippen LogP contribution in [0, 0.1) is 0 Å². The smallest absolute Gasteiger partial charge is 0.271 e. The Morgan fingerprint density at radius 1 is 1.15 bits per heavy atom. The van der Waals surface area contributed by atoms with Crippen LogP contribution in [0.5, 0.6) is 0 Å². The van der Waals surface area contributed by atoms with E-state index in [0.717, 1.165) is 5.56 Å². The van der Waals surface area contributed by atoms with Crippen LogP contribution in [0.4, 0.5) is 5.69 Å². The summed E-state index contributed by atoms with van der Waals surface area (Å²) in [7, 11) is 0. The van der Waals surface area contributed by atoms with Crippen LogP contribution >= 0.6 is 11.6 Å². The van der Waals surface area contributed by atoms with Crippen LogP contribution in [-0.4, -0.2) is 11.6 Å². The number of hydrogen-bond acceptors (Lipinski definition) is 3. The lowest BCUT2D eigenvalue weighted by molar-refractivity contribution is 0.0955. The topological polar surface area (TPSA) is 67.5 Å². The van der Waals surface area contributed by atoms with Crippen LogP contribution in [0.3, 0.4) is 0 Å². The van der Waals surface area contributed by atoms with Gasteiger partial charge in [-0.15, -0.1) is 0 Å². The van der Waals surface area contributed by atoms with E-state index < -0.39 is 0 Å². The van der Waals surface area contributed by atoms with Crippen molar-refractivity contribution in [1.29, 1.82) is 0 Å². The molecule has 0 aliphatic heterocycles. The predicted octanol–water partition coefficient (Wildman–Crippen LogP) is 3.08. The molecular weight excluding hydrogens is 274 g/mol. The number of nitrogens with two attached hydrogens (primary N) is 1. The Kier molecular flexibility index (Phi) is 4.38. The number of hydrazone groups is 1. The number of nitrogens with one attached hydrogen (secondary N) is 1. The fraction of sp³-hybridized carbons (Fsp3) is 0.0667. The maximum absolute atomic E-state index is 11.9. The maximum atomic E-state index is 11.9. The first-order chi connectivity index (χ1) is 9.56. The average molecular weight is 288 g/mol. The van der Waals surface area contributed by atoms with E-state index in [1.54, 1.807) is 36.4 Å². The number of anilines is 1. The van der Waals surface area contributed by atoms with Crippen molar-refractivity contribution in [2.24, 2.45) is 5.10 Å². The molecule has 0 saturated heterocycles. The second kappa shape index (κ2) is 6.21. The first-order valence-corrected chi connectivity index (χ1v) is 6.40. The van der Waals surface area contributed by atoms with Gasteiger partial charge in [-0.3, -0.25) is 4.79 Å². The molecular formula is C15H14ClN3O. The largest absolute Gasteiger partial charge is 0.399 e. The zero-order valence-electron chi connectivity index (χ0n) is 10.9. The van der Waals surface area contributed by atoms with Crippen LogP contribution in [0.1, 0.15) is 22.8 Å². The fourth-order valence-electron chi connectivity index (χ4n) is 1.62. The highest BCUT2D eigenvalue weighted by atomic mass is 35.5. The molecule has 5 heteroatoms. The number of carbonyl (C=O) groups is 1. The van der Waals surface area contributed by atoms with E-state index in [4.69, 9.17) is 17.3 Å². The number of amides is 1. The molecule has 102 valence electrons. The van der Waals surface area contributed by atoms with E-state index in [0.29, 0.717) is 22.0 Å². The molecule has 1 amide bonds. The fourth-order valence-corrected chi connectivity index (χ4v) is 1.81. The summed E-state index contributed by atoms with van der Waals surface area (Å²) in [5.41, 5.74) is 10.9. The van der Waals surface area contributed by atoms with E-state index in [1.807, 2.05) is 19.1 Å². The number of rotatable bonds is 3. The zero-order chi connectivity index (χ0) is 14.5. The monoisotopic (exact) mass is 287 g/mol. The Labute approximate surface area is 122 Å². The minimum atomic E-state index is -0.303. The molecule has 0 fully saturated rings. The summed E-state index contributed by atoms with van der Waals surface area (Å²) in [6.07, 6.45) is 0. The molecule has 0 radical (unpaired) electrons. The zero-order valence-corrected chi connectivity index (χ0v) is 11.7. The summed E-state index contributed by atoms with van der Waals surface area (Å²) in [5.74, 6) is -0.303. The molecule has 0 heterocycles. The summed E-state index contributed by atoms with van der Waals surface area (Å²) in [6.45, 7) is 1.81. The van der Waals surface area contributed by atoms with Crippen LogP contribution in [0.15, 0.2) is 53.6 Å². The highest BCUT2D eigenvalue weighted by molar-refractivity contribution is 6.30. The van der Waals surface area contributed by atoms with Gasteiger partial charge >= 0.3 is 0 Å². The Morgan fingerprint density at radius 3 is 2.50 bits per heavy atom. The summed E-state index contributed by atoms with van der Waals surface area (Å²) in [5, 5.41) is 4.57. The summed E-state index contributed by atoms with van der Waals surface area (Å²) in [6, 6.07) is 14.0. The molecule has 0 aliphatic rings. The van der Waals surface area contributed by atoms with Gasteiger partial charge < -0.3 is 5.73 Å². The van der Waals surface area contributed by atoms with Crippen molar-refractivity contribution in [3.63, 3.8) is 0 Å². The molecule has 2 rings (SSSR count). The minimum Gasteiger partial charge on any atom is -0.399 e. The Hall–Kier alpha value is -2.33. The van der Waals surface area contributed by atoms with Crippen molar-refractivity contribution in [1.82, 2.24) is 5.43 Å². The van der Waals surface area contributed by atoms with Gasteiger partial charge in [-0.25, -0.2) is 5.43 Å². The summed E-state index contributed by atoms with van der Waals surface area (Å²) >= 11 is 5.83. The third kappa shape index (κ3) is 3.59. The van der Waals surface area contributed by atoms with Crippen molar-refractivity contribution in [3.8, 4) is 0 Å². The van der Waals surface area contributed by atoms with Crippen molar-refractivity contribution < 1.29 is 4.79 Å². The van der Waals surface area contributed by atoms with Gasteiger partial charge in [0.05, 0.1) is 5.71 Å². The van der Waals surface area contributed by atoms with Crippen LogP contribution in [0.25, 0.3) is 0 Å². The standard InChI is InChI=1S/C15H14ClN3O/c1-10(11-5-7-14(17)8-6-11)18-19-15(20)12-3-2-4-13(16)9-12/h2-9H,17H2,1H3,(H,19,20). The van der Waals surface area contributed by atoms with Crippen LogP contribution < -0.4 is 11.2 Å². The van der Waals surface area contributed by atoms with E-state index in [9.17, 15) is 4.79 Å². The number of benzene rings is 2. The summed E-state index contributed by atoms with van der Waals surface area (Å²) < 4.78 is 0. The highest BCUT2D eigenvalue weighted by Gasteiger charge is 2.05. The van der Waals surface area contributed by atoms with Crippen LogP contribution in [0.2, 0.25) is 5.02 Å². The molecule has 2 aromatic carbocycles. The first-order valence-electron chi connectivity index (χ1n) is 6.02. The normalized spacial score (nSPS) is 11.2. The third-order valence-electron chi connectivity index (χ3n) is 2.74. The maximum Gasteiger partial charge on any atom is 0.271 e. The van der Waals surface area contributed by atoms with E-state index >= 15 is 0 Å². The Bertz CT molecular complexity index is 650. The Morgan fingerprint density at radius 2 is 1.85 bits per heavy atom. The van der Waals surface area contributed by atoms with Crippen molar-refractivity contribution >= 4 is 28.9 Å². The van der Waals surface area contributed by atoms with Crippen molar-refractivity contribution in [2.45, 2.75) is 6.92 Å². The molecule has 20 heavy (non-hydrogen) atoms. The van der Waals surface area contributed by atoms with Gasteiger partial charge in [-0.2, -0.15) is 5.10 Å². The third-order valence-corrected chi connectivity index (χ3v) is 2.98. The number of halogens is 1. The SMILES string of the molecule is CC(=NNC(=O)c1cccc(Cl)c1)c1ccc(N)cc1. The van der Waals surface area contributed by atoms with Crippen molar-refractivity contribution in [2.75, 3.05) is 5.73 Å². The first kappa shape index (κ1) is 14.1. The van der Waals surface area contributed by atoms with Gasteiger partial charge in [0.2, 0.25) is 0 Å². The van der Waals surface area contributed by atoms with E-state index in [2.05, 4.69) is 10.5 Å². The molecule has 3 N–H and O–H groups in total. The van der Waals surface area contributed by atoms with E-state index in [-0.39, 0.29) is 5.91 Å². The van der Waals surface area contributed by atoms with Gasteiger partial charge in [0.1, 0.15) is 0 Å². The quantitative estimate of drug-likeness (QED) is 0.517. The lowest BCUT2D eigenvalue weighted by Gasteiger charge is -2.04. The lowest BCUT2D eigenvalue weighted by Crippen LogP contribution is -2.19. The lowest BCUT2D eigenvalue weighted by atomic mass is 10.1. The van der Waals surface area contributed by atoms with Gasteiger partial charge in [-0.05, 0) is 42.8 Å². The molecule has 0 bridgehead atoms. The highest BCUT2D eigenvalue weighted by Crippen LogP contribution is 2.10. The van der Waals surface area contributed by atoms with Gasteiger partial charge in [0.25, 0.3) is 5.91 Å². The molecule has 0 spiro atoms. The second-order valence-electron chi connectivity index (χ2n) is 4.27. The molecule has 0 saturated carbocycles. The van der Waals surface area contributed by atoms with Gasteiger partial charge in [0, 0.05) is 16.3 Å². The Balaban J connectivity index is 2.08. The van der Waals surface area contributed by atoms with Gasteiger partial charge in [0.15, 0.2) is 0 Å². The molecule has 0 unspecified atom stereocenters. The number of hydrogen-bond donors (Lipinski definition) is 2. The number of nitrogen functional groups attached to an aromatic ring is 1. The molecule has 0 atom stereocenters.